The van der Waals surface area contributed by atoms with Gasteiger partial charge < -0.3 is 18.0 Å². The maximum Gasteiger partial charge on any atom is 0.136 e. The zero-order chi connectivity index (χ0) is 33.1. The van der Waals surface area contributed by atoms with Crippen molar-refractivity contribution in [1.82, 2.24) is 9.13 Å². The van der Waals surface area contributed by atoms with Crippen molar-refractivity contribution in [3.05, 3.63) is 145 Å². The summed E-state index contributed by atoms with van der Waals surface area (Å²) in [6, 6.07) is 49.4. The van der Waals surface area contributed by atoms with Gasteiger partial charge >= 0.3 is 0 Å². The predicted octanol–water partition coefficient (Wildman–Crippen LogP) is 11.4. The zero-order valence-corrected chi connectivity index (χ0v) is 26.3. The van der Waals surface area contributed by atoms with Crippen LogP contribution in [-0.2, 0) is 0 Å². The number of benzene rings is 7. The third-order valence-electron chi connectivity index (χ3n) is 10.2. The van der Waals surface area contributed by atoms with Crippen LogP contribution in [0.2, 0.25) is 0 Å². The number of nitriles is 2. The fraction of sp³-hybridized carbons (Fsp3) is 0. The Morgan fingerprint density at radius 2 is 0.780 bits per heavy atom. The fourth-order valence-corrected chi connectivity index (χ4v) is 8.19. The van der Waals surface area contributed by atoms with Gasteiger partial charge in [-0.3, -0.25) is 0 Å². The first-order valence-corrected chi connectivity index (χ1v) is 16.4. The molecule has 0 unspecified atom stereocenters. The number of fused-ring (bicyclic) bond motifs is 14. The minimum absolute atomic E-state index is 0.458. The molecule has 7 aromatic carbocycles. The maximum atomic E-state index is 10.8. The number of rotatable bonds is 2. The van der Waals surface area contributed by atoms with Crippen LogP contribution in [0.25, 0.3) is 98.9 Å². The highest BCUT2D eigenvalue weighted by molar-refractivity contribution is 6.28. The summed E-state index contributed by atoms with van der Waals surface area (Å²) < 4.78 is 16.8. The van der Waals surface area contributed by atoms with Gasteiger partial charge in [0, 0.05) is 43.1 Å². The third-order valence-corrected chi connectivity index (χ3v) is 10.2. The lowest BCUT2D eigenvalue weighted by atomic mass is 10.0. The van der Waals surface area contributed by atoms with Gasteiger partial charge in [0.15, 0.2) is 0 Å². The molecule has 4 heterocycles. The van der Waals surface area contributed by atoms with E-state index in [4.69, 9.17) is 8.83 Å². The lowest BCUT2D eigenvalue weighted by Gasteiger charge is -2.15. The van der Waals surface area contributed by atoms with Gasteiger partial charge in [-0.05, 0) is 60.7 Å². The standard InChI is InChI=1S/C44H22N4O2/c45-23-25-22-36(48-32-14-6-2-10-28(32)42-34(48)18-20-40-44(42)30-12-4-8-16-38(30)50-40)26(24-46)21-35(25)47-31-13-5-1-9-27(31)41-33(47)17-19-39-43(41)29-11-3-7-15-37(29)49-39/h1-22H. The summed E-state index contributed by atoms with van der Waals surface area (Å²) in [6.45, 7) is 0. The van der Waals surface area contributed by atoms with Gasteiger partial charge in [-0.15, -0.1) is 0 Å². The van der Waals surface area contributed by atoms with E-state index in [9.17, 15) is 10.5 Å². The third kappa shape index (κ3) is 3.34. The summed E-state index contributed by atoms with van der Waals surface area (Å²) in [5.74, 6) is 0. The summed E-state index contributed by atoms with van der Waals surface area (Å²) in [5.41, 5.74) is 9.24. The van der Waals surface area contributed by atoms with Crippen molar-refractivity contribution < 1.29 is 8.83 Å². The molecule has 0 saturated heterocycles. The summed E-state index contributed by atoms with van der Waals surface area (Å²) >= 11 is 0. The Morgan fingerprint density at radius 3 is 1.22 bits per heavy atom. The smallest absolute Gasteiger partial charge is 0.136 e. The second kappa shape index (κ2) is 9.64. The molecule has 11 rings (SSSR count). The normalized spacial score (nSPS) is 12.0. The molecule has 4 aromatic heterocycles. The van der Waals surface area contributed by atoms with Crippen LogP contribution < -0.4 is 0 Å². The van der Waals surface area contributed by atoms with Gasteiger partial charge in [0.1, 0.15) is 34.5 Å². The van der Waals surface area contributed by atoms with Crippen LogP contribution in [-0.4, -0.2) is 9.13 Å². The molecular formula is C44H22N4O2. The molecule has 6 heteroatoms. The largest absolute Gasteiger partial charge is 0.456 e. The minimum Gasteiger partial charge on any atom is -0.456 e. The van der Waals surface area contributed by atoms with Gasteiger partial charge in [-0.25, -0.2) is 0 Å². The fourth-order valence-electron chi connectivity index (χ4n) is 8.19. The van der Waals surface area contributed by atoms with E-state index < -0.39 is 0 Å². The molecule has 0 N–H and O–H groups in total. The van der Waals surface area contributed by atoms with Crippen LogP contribution in [0, 0.1) is 22.7 Å². The Morgan fingerprint density at radius 1 is 0.380 bits per heavy atom. The summed E-state index contributed by atoms with van der Waals surface area (Å²) in [4.78, 5) is 0. The maximum absolute atomic E-state index is 10.8. The Bertz CT molecular complexity index is 3130. The van der Waals surface area contributed by atoms with Crippen molar-refractivity contribution in [1.29, 1.82) is 10.5 Å². The zero-order valence-electron chi connectivity index (χ0n) is 26.3. The van der Waals surface area contributed by atoms with E-state index in [1.165, 1.54) is 0 Å². The molecule has 0 saturated carbocycles. The van der Waals surface area contributed by atoms with E-state index in [-0.39, 0.29) is 0 Å². The topological polar surface area (TPSA) is 83.7 Å². The molecule has 11 aromatic rings. The highest BCUT2D eigenvalue weighted by atomic mass is 16.3. The molecule has 50 heavy (non-hydrogen) atoms. The van der Waals surface area contributed by atoms with E-state index in [0.717, 1.165) is 87.5 Å². The first kappa shape index (κ1) is 26.8. The Labute approximate surface area is 283 Å². The van der Waals surface area contributed by atoms with E-state index >= 15 is 0 Å². The molecule has 6 nitrogen and oxygen atoms in total. The highest BCUT2D eigenvalue weighted by Gasteiger charge is 2.24. The molecule has 0 fully saturated rings. The van der Waals surface area contributed by atoms with E-state index in [0.29, 0.717) is 22.5 Å². The number of nitrogens with zero attached hydrogens (tertiary/aromatic N) is 4. The molecule has 0 atom stereocenters. The molecule has 0 spiro atoms. The van der Waals surface area contributed by atoms with Crippen molar-refractivity contribution in [2.24, 2.45) is 0 Å². The predicted molar refractivity (Wildman–Crippen MR) is 199 cm³/mol. The number of furan rings is 2. The SMILES string of the molecule is N#Cc1cc(-n2c3ccccc3c3c4c(ccc32)oc2ccccc24)c(C#N)cc1-n1c2ccccc2c2c3c(ccc21)oc1ccccc13. The van der Waals surface area contributed by atoms with Crippen molar-refractivity contribution in [3.8, 4) is 23.5 Å². The number of hydrogen-bond acceptors (Lipinski definition) is 4. The summed E-state index contributed by atoms with van der Waals surface area (Å²) in [7, 11) is 0. The molecule has 0 aliphatic rings. The summed E-state index contributed by atoms with van der Waals surface area (Å²) in [5, 5.41) is 29.9. The van der Waals surface area contributed by atoms with E-state index in [2.05, 4.69) is 69.8 Å². The first-order chi connectivity index (χ1) is 24.7. The van der Waals surface area contributed by atoms with Gasteiger partial charge in [-0.2, -0.15) is 10.5 Å². The minimum atomic E-state index is 0.458. The molecular weight excluding hydrogens is 617 g/mol. The van der Waals surface area contributed by atoms with Crippen LogP contribution in [0.3, 0.4) is 0 Å². The van der Waals surface area contributed by atoms with Gasteiger partial charge in [0.25, 0.3) is 0 Å². The van der Waals surface area contributed by atoms with Crippen molar-refractivity contribution >= 4 is 87.5 Å². The van der Waals surface area contributed by atoms with Crippen molar-refractivity contribution in [2.45, 2.75) is 0 Å². The van der Waals surface area contributed by atoms with Crippen LogP contribution in [0.15, 0.2) is 142 Å². The second-order valence-corrected chi connectivity index (χ2v) is 12.7. The average molecular weight is 639 g/mol. The quantitative estimate of drug-likeness (QED) is 0.189. The average Bonchev–Trinajstić information content (AvgIpc) is 3.91. The number of hydrogen-bond donors (Lipinski definition) is 0. The van der Waals surface area contributed by atoms with Gasteiger partial charge in [0.2, 0.25) is 0 Å². The second-order valence-electron chi connectivity index (χ2n) is 12.7. The van der Waals surface area contributed by atoms with Crippen LogP contribution in [0.1, 0.15) is 11.1 Å². The molecule has 230 valence electrons. The number of para-hydroxylation sites is 4. The van der Waals surface area contributed by atoms with Gasteiger partial charge in [-0.1, -0.05) is 72.8 Å². The monoisotopic (exact) mass is 638 g/mol. The molecule has 0 aliphatic heterocycles. The van der Waals surface area contributed by atoms with E-state index in [1.807, 2.05) is 84.9 Å². The molecule has 0 radical (unpaired) electrons. The van der Waals surface area contributed by atoms with Crippen LogP contribution in [0.4, 0.5) is 0 Å². The van der Waals surface area contributed by atoms with Crippen molar-refractivity contribution in [2.75, 3.05) is 0 Å². The van der Waals surface area contributed by atoms with E-state index in [1.54, 1.807) is 0 Å². The summed E-state index contributed by atoms with van der Waals surface area (Å²) in [6.07, 6.45) is 0. The van der Waals surface area contributed by atoms with Crippen LogP contribution in [0.5, 0.6) is 0 Å². The Balaban J connectivity index is 1.24. The van der Waals surface area contributed by atoms with Gasteiger partial charge in [0.05, 0.1) is 44.6 Å². The molecule has 0 amide bonds. The Kier molecular flexibility index (Phi) is 5.16. The Hall–Kier alpha value is -7.28. The highest BCUT2D eigenvalue weighted by Crippen LogP contribution is 2.44. The molecule has 0 aliphatic carbocycles. The lowest BCUT2D eigenvalue weighted by Crippen LogP contribution is -2.04. The number of aromatic nitrogens is 2. The molecule has 0 bridgehead atoms. The lowest BCUT2D eigenvalue weighted by molar-refractivity contribution is 0.669. The van der Waals surface area contributed by atoms with Crippen molar-refractivity contribution in [3.63, 3.8) is 0 Å². The van der Waals surface area contributed by atoms with Crippen LogP contribution >= 0.6 is 0 Å². The first-order valence-electron chi connectivity index (χ1n) is 16.4.